The Kier molecular flexibility index (Phi) is 4.28. The second kappa shape index (κ2) is 6.87. The van der Waals surface area contributed by atoms with E-state index in [2.05, 4.69) is 41.9 Å². The summed E-state index contributed by atoms with van der Waals surface area (Å²) in [5.74, 6) is 0. The maximum atomic E-state index is 11.7. The van der Waals surface area contributed by atoms with Crippen LogP contribution in [0.4, 0.5) is 21.0 Å². The zero-order valence-corrected chi connectivity index (χ0v) is 12.1. The van der Waals surface area contributed by atoms with Crippen LogP contribution >= 0.6 is 0 Å². The summed E-state index contributed by atoms with van der Waals surface area (Å²) in [5, 5.41) is 19.5. The molecule has 0 aliphatic heterocycles. The lowest BCUT2D eigenvalue weighted by Crippen LogP contribution is -2.27. The molecule has 3 rings (SSSR count). The molecule has 2 heterocycles. The summed E-state index contributed by atoms with van der Waals surface area (Å²) >= 11 is 0. The Bertz CT molecular complexity index is 728. The lowest BCUT2D eigenvalue weighted by Gasteiger charge is -2.09. The predicted molar refractivity (Wildman–Crippen MR) is 83.2 cm³/mol. The van der Waals surface area contributed by atoms with Crippen LogP contribution in [0.15, 0.2) is 49.6 Å². The predicted octanol–water partition coefficient (Wildman–Crippen LogP) is 0.421. The first-order valence-electron chi connectivity index (χ1n) is 6.64. The van der Waals surface area contributed by atoms with Gasteiger partial charge in [0.15, 0.2) is 0 Å². The topological polar surface area (TPSA) is 144 Å². The molecule has 1 aromatic carbocycles. The molecule has 0 radical (unpaired) electrons. The number of nitrogens with zero attached hydrogens (tertiary/aromatic N) is 6. The van der Waals surface area contributed by atoms with Gasteiger partial charge in [-0.3, -0.25) is 0 Å². The van der Waals surface area contributed by atoms with Crippen molar-refractivity contribution in [1.82, 2.24) is 29.7 Å². The van der Waals surface area contributed by atoms with Crippen LogP contribution in [0.3, 0.4) is 0 Å². The van der Waals surface area contributed by atoms with E-state index < -0.39 is 12.1 Å². The van der Waals surface area contributed by atoms with Crippen LogP contribution in [0.5, 0.6) is 0 Å². The van der Waals surface area contributed by atoms with Gasteiger partial charge >= 0.3 is 12.1 Å². The highest BCUT2D eigenvalue weighted by atomic mass is 16.2. The van der Waals surface area contributed by atoms with E-state index in [-0.39, 0.29) is 0 Å². The molecular formula is C12H12N10O2. The molecule has 0 fully saturated rings. The number of rotatable bonds is 4. The maximum absolute atomic E-state index is 11.7. The largest absolute Gasteiger partial charge is 0.338 e. The number of amides is 4. The molecule has 0 saturated heterocycles. The van der Waals surface area contributed by atoms with E-state index in [1.807, 2.05) is 0 Å². The molecule has 0 saturated carbocycles. The van der Waals surface area contributed by atoms with E-state index in [1.165, 1.54) is 34.7 Å². The molecule has 24 heavy (non-hydrogen) atoms. The molecule has 12 nitrogen and oxygen atoms in total. The fourth-order valence-corrected chi connectivity index (χ4v) is 1.71. The van der Waals surface area contributed by atoms with Gasteiger partial charge in [0.2, 0.25) is 0 Å². The molecule has 0 aliphatic rings. The van der Waals surface area contributed by atoms with Gasteiger partial charge in [0.25, 0.3) is 0 Å². The molecule has 4 amide bonds. The average molecular weight is 328 g/mol. The van der Waals surface area contributed by atoms with E-state index in [0.717, 1.165) is 0 Å². The minimum absolute atomic E-state index is 0.458. The van der Waals surface area contributed by atoms with Gasteiger partial charge in [0.1, 0.15) is 25.3 Å². The fourth-order valence-electron chi connectivity index (χ4n) is 1.71. The molecule has 122 valence electrons. The monoisotopic (exact) mass is 328 g/mol. The van der Waals surface area contributed by atoms with Crippen molar-refractivity contribution in [3.63, 3.8) is 0 Å². The van der Waals surface area contributed by atoms with Crippen molar-refractivity contribution >= 4 is 23.4 Å². The molecule has 0 aliphatic carbocycles. The highest BCUT2D eigenvalue weighted by molar-refractivity contribution is 5.96. The van der Waals surface area contributed by atoms with Crippen molar-refractivity contribution in [2.75, 3.05) is 21.5 Å². The van der Waals surface area contributed by atoms with Crippen molar-refractivity contribution in [1.29, 1.82) is 0 Å². The first kappa shape index (κ1) is 15.0. The molecule has 0 atom stereocenters. The number of nitrogens with one attached hydrogen (secondary N) is 4. The zero-order valence-electron chi connectivity index (χ0n) is 12.1. The minimum atomic E-state index is -0.458. The minimum Gasteiger partial charge on any atom is -0.307 e. The average Bonchev–Trinajstić information content (AvgIpc) is 3.23. The van der Waals surface area contributed by atoms with Crippen LogP contribution in [0.1, 0.15) is 0 Å². The van der Waals surface area contributed by atoms with Gasteiger partial charge in [0, 0.05) is 11.4 Å². The smallest absolute Gasteiger partial charge is 0.307 e. The molecule has 0 unspecified atom stereocenters. The van der Waals surface area contributed by atoms with Crippen molar-refractivity contribution in [2.24, 2.45) is 0 Å². The second-order valence-electron chi connectivity index (χ2n) is 4.45. The van der Waals surface area contributed by atoms with E-state index in [4.69, 9.17) is 0 Å². The summed E-state index contributed by atoms with van der Waals surface area (Å²) < 4.78 is 2.61. The van der Waals surface area contributed by atoms with Gasteiger partial charge in [-0.05, 0) is 24.3 Å². The van der Waals surface area contributed by atoms with Crippen LogP contribution in [0, 0.1) is 0 Å². The SMILES string of the molecule is O=C(Nc1ccc(NC(=O)Nn2cnnc2)cc1)Nn1cnnc1. The lowest BCUT2D eigenvalue weighted by atomic mass is 10.3. The quantitative estimate of drug-likeness (QED) is 0.546. The van der Waals surface area contributed by atoms with Crippen molar-refractivity contribution in [3.8, 4) is 0 Å². The van der Waals surface area contributed by atoms with Crippen LogP contribution in [-0.2, 0) is 0 Å². The Morgan fingerprint density at radius 2 is 1.00 bits per heavy atom. The van der Waals surface area contributed by atoms with Gasteiger partial charge in [0.05, 0.1) is 0 Å². The third kappa shape index (κ3) is 4.03. The van der Waals surface area contributed by atoms with Gasteiger partial charge < -0.3 is 10.6 Å². The fraction of sp³-hybridized carbons (Fsp3) is 0. The Hall–Kier alpha value is -3.96. The number of benzene rings is 1. The summed E-state index contributed by atoms with van der Waals surface area (Å²) in [4.78, 5) is 23.5. The van der Waals surface area contributed by atoms with Gasteiger partial charge in [-0.15, -0.1) is 20.4 Å². The van der Waals surface area contributed by atoms with E-state index in [0.29, 0.717) is 11.4 Å². The number of carbonyl (C=O) groups excluding carboxylic acids is 2. The Morgan fingerprint density at radius 3 is 1.33 bits per heavy atom. The molecule has 12 heteroatoms. The van der Waals surface area contributed by atoms with Crippen molar-refractivity contribution < 1.29 is 9.59 Å². The first-order valence-corrected chi connectivity index (χ1v) is 6.64. The van der Waals surface area contributed by atoms with E-state index in [9.17, 15) is 9.59 Å². The Morgan fingerprint density at radius 1 is 0.667 bits per heavy atom. The van der Waals surface area contributed by atoms with Gasteiger partial charge in [-0.25, -0.2) is 29.8 Å². The molecule has 0 bridgehead atoms. The number of aromatic nitrogens is 6. The Balaban J connectivity index is 1.51. The summed E-state index contributed by atoms with van der Waals surface area (Å²) in [6.45, 7) is 0. The summed E-state index contributed by atoms with van der Waals surface area (Å²) in [7, 11) is 0. The lowest BCUT2D eigenvalue weighted by molar-refractivity contribution is 0.259. The third-order valence-corrected chi connectivity index (χ3v) is 2.70. The number of anilines is 2. The molecule has 0 spiro atoms. The van der Waals surface area contributed by atoms with Gasteiger partial charge in [-0.2, -0.15) is 0 Å². The second-order valence-corrected chi connectivity index (χ2v) is 4.45. The normalized spacial score (nSPS) is 10.0. The molecular weight excluding hydrogens is 316 g/mol. The van der Waals surface area contributed by atoms with Crippen LogP contribution < -0.4 is 21.5 Å². The number of hydrogen-bond acceptors (Lipinski definition) is 6. The number of hydrogen-bond donors (Lipinski definition) is 4. The van der Waals surface area contributed by atoms with E-state index >= 15 is 0 Å². The van der Waals surface area contributed by atoms with Crippen LogP contribution in [0.25, 0.3) is 0 Å². The highest BCUT2D eigenvalue weighted by Gasteiger charge is 2.04. The first-order chi connectivity index (χ1) is 11.7. The highest BCUT2D eigenvalue weighted by Crippen LogP contribution is 2.13. The standard InChI is InChI=1S/C12H12N10O2/c23-11(19-21-5-13-14-6-21)17-9-1-2-10(4-3-9)18-12(24)20-22-7-15-16-8-22/h1-8H,(H2,17,19,23)(H2,18,20,24). The maximum Gasteiger partial charge on any atom is 0.338 e. The van der Waals surface area contributed by atoms with Crippen LogP contribution in [-0.4, -0.2) is 41.8 Å². The number of urea groups is 2. The molecule has 3 aromatic rings. The van der Waals surface area contributed by atoms with Gasteiger partial charge in [-0.1, -0.05) is 0 Å². The summed E-state index contributed by atoms with van der Waals surface area (Å²) in [6, 6.07) is 5.64. The zero-order chi connectivity index (χ0) is 16.8. The third-order valence-electron chi connectivity index (χ3n) is 2.70. The van der Waals surface area contributed by atoms with Crippen molar-refractivity contribution in [2.45, 2.75) is 0 Å². The van der Waals surface area contributed by atoms with Crippen molar-refractivity contribution in [3.05, 3.63) is 49.6 Å². The number of carbonyl (C=O) groups is 2. The molecule has 4 N–H and O–H groups in total. The molecule has 2 aromatic heterocycles. The van der Waals surface area contributed by atoms with E-state index in [1.54, 1.807) is 24.3 Å². The Labute approximate surface area is 134 Å². The summed E-state index contributed by atoms with van der Waals surface area (Å²) in [6.07, 6.45) is 5.39. The summed E-state index contributed by atoms with van der Waals surface area (Å²) in [5.41, 5.74) is 6.07. The van der Waals surface area contributed by atoms with Crippen LogP contribution in [0.2, 0.25) is 0 Å².